The van der Waals surface area contributed by atoms with Crippen LogP contribution in [0.15, 0.2) is 6.20 Å². The van der Waals surface area contributed by atoms with Gasteiger partial charge in [0.2, 0.25) is 5.95 Å². The van der Waals surface area contributed by atoms with Gasteiger partial charge in [-0.3, -0.25) is 0 Å². The molecule has 15 heavy (non-hydrogen) atoms. The molecule has 0 bridgehead atoms. The van der Waals surface area contributed by atoms with Crippen molar-refractivity contribution >= 4 is 5.95 Å². The normalized spacial score (nSPS) is 11.1. The monoisotopic (exact) mass is 210 g/mol. The fourth-order valence-corrected chi connectivity index (χ4v) is 1.59. The molecule has 4 heteroatoms. The minimum Gasteiger partial charge on any atom is -0.345 e. The van der Waals surface area contributed by atoms with E-state index in [0.717, 1.165) is 31.2 Å². The van der Waals surface area contributed by atoms with Gasteiger partial charge in [-0.25, -0.2) is 4.98 Å². The predicted octanol–water partition coefficient (Wildman–Crippen LogP) is 1.56. The van der Waals surface area contributed by atoms with Crippen LogP contribution in [0.25, 0.3) is 0 Å². The molecule has 0 aromatic carbocycles. The van der Waals surface area contributed by atoms with Crippen LogP contribution in [0, 0.1) is 6.92 Å². The van der Waals surface area contributed by atoms with Crippen LogP contribution in [0.1, 0.15) is 32.0 Å². The molecule has 0 atom stereocenters. The van der Waals surface area contributed by atoms with E-state index in [9.17, 15) is 0 Å². The zero-order valence-electron chi connectivity index (χ0n) is 10.2. The van der Waals surface area contributed by atoms with Crippen molar-refractivity contribution in [2.75, 3.05) is 25.0 Å². The number of aromatic nitrogens is 2. The van der Waals surface area contributed by atoms with Gasteiger partial charge in [0, 0.05) is 25.8 Å². The number of anilines is 1. The van der Waals surface area contributed by atoms with Gasteiger partial charge < -0.3 is 15.2 Å². The number of imidazole rings is 1. The fraction of sp³-hybridized carbons (Fsp3) is 0.727. The lowest BCUT2D eigenvalue weighted by Gasteiger charge is -2.21. The summed E-state index contributed by atoms with van der Waals surface area (Å²) in [5, 5.41) is 0. The summed E-state index contributed by atoms with van der Waals surface area (Å²) in [6.07, 6.45) is 3.10. The number of nitrogens with zero attached hydrogens (tertiary/aromatic N) is 3. The van der Waals surface area contributed by atoms with Gasteiger partial charge >= 0.3 is 0 Å². The van der Waals surface area contributed by atoms with Crippen molar-refractivity contribution < 1.29 is 0 Å². The van der Waals surface area contributed by atoms with Gasteiger partial charge in [0.25, 0.3) is 0 Å². The Morgan fingerprint density at radius 3 is 2.73 bits per heavy atom. The molecule has 0 spiro atoms. The Kier molecular flexibility index (Phi) is 4.15. The SMILES string of the molecule is Cc1cn(C(C)C)c(N(C)CCCN)n1. The van der Waals surface area contributed by atoms with E-state index >= 15 is 0 Å². The molecule has 0 aliphatic carbocycles. The summed E-state index contributed by atoms with van der Waals surface area (Å²) in [6, 6.07) is 0.446. The molecule has 0 unspecified atom stereocenters. The van der Waals surface area contributed by atoms with Crippen molar-refractivity contribution in [3.05, 3.63) is 11.9 Å². The van der Waals surface area contributed by atoms with Gasteiger partial charge in [-0.1, -0.05) is 0 Å². The Bertz CT molecular complexity index is 304. The zero-order valence-corrected chi connectivity index (χ0v) is 10.2. The molecule has 1 aromatic rings. The smallest absolute Gasteiger partial charge is 0.205 e. The Morgan fingerprint density at radius 1 is 1.53 bits per heavy atom. The zero-order chi connectivity index (χ0) is 11.4. The van der Waals surface area contributed by atoms with Crippen LogP contribution < -0.4 is 10.6 Å². The molecule has 0 aliphatic rings. The summed E-state index contributed by atoms with van der Waals surface area (Å²) in [6.45, 7) is 8.05. The van der Waals surface area contributed by atoms with E-state index in [2.05, 4.69) is 41.5 Å². The molecule has 0 aliphatic heterocycles. The summed E-state index contributed by atoms with van der Waals surface area (Å²) in [4.78, 5) is 6.70. The molecule has 1 aromatic heterocycles. The average molecular weight is 210 g/mol. The van der Waals surface area contributed by atoms with E-state index in [1.165, 1.54) is 0 Å². The number of hydrogen-bond donors (Lipinski definition) is 1. The van der Waals surface area contributed by atoms with Crippen molar-refractivity contribution in [2.24, 2.45) is 5.73 Å². The van der Waals surface area contributed by atoms with Gasteiger partial charge in [-0.15, -0.1) is 0 Å². The lowest BCUT2D eigenvalue weighted by Crippen LogP contribution is -2.24. The molecule has 2 N–H and O–H groups in total. The topological polar surface area (TPSA) is 47.1 Å². The maximum Gasteiger partial charge on any atom is 0.205 e. The molecular weight excluding hydrogens is 188 g/mol. The van der Waals surface area contributed by atoms with Crippen molar-refractivity contribution in [1.82, 2.24) is 9.55 Å². The predicted molar refractivity (Wildman–Crippen MR) is 64.3 cm³/mol. The summed E-state index contributed by atoms with van der Waals surface area (Å²) in [7, 11) is 2.07. The van der Waals surface area contributed by atoms with Crippen LogP contribution in [0.3, 0.4) is 0 Å². The van der Waals surface area contributed by atoms with E-state index in [1.54, 1.807) is 0 Å². The first-order valence-corrected chi connectivity index (χ1v) is 5.53. The Hall–Kier alpha value is -1.03. The van der Waals surface area contributed by atoms with Crippen LogP contribution in [0.2, 0.25) is 0 Å². The largest absolute Gasteiger partial charge is 0.345 e. The lowest BCUT2D eigenvalue weighted by atomic mass is 10.4. The second-order valence-electron chi connectivity index (χ2n) is 4.25. The number of nitrogens with two attached hydrogens (primary N) is 1. The molecule has 1 heterocycles. The molecule has 0 fully saturated rings. The molecule has 1 rings (SSSR count). The maximum absolute atomic E-state index is 5.50. The van der Waals surface area contributed by atoms with Crippen LogP contribution >= 0.6 is 0 Å². The van der Waals surface area contributed by atoms with Crippen molar-refractivity contribution in [3.8, 4) is 0 Å². The molecule has 0 amide bonds. The van der Waals surface area contributed by atoms with E-state index in [-0.39, 0.29) is 0 Å². The van der Waals surface area contributed by atoms with Gasteiger partial charge in [0.1, 0.15) is 0 Å². The Morgan fingerprint density at radius 2 is 2.20 bits per heavy atom. The van der Waals surface area contributed by atoms with Gasteiger partial charge in [0.15, 0.2) is 0 Å². The average Bonchev–Trinajstić information content (AvgIpc) is 2.57. The Labute approximate surface area is 92.1 Å². The third-order valence-electron chi connectivity index (χ3n) is 2.43. The number of rotatable bonds is 5. The van der Waals surface area contributed by atoms with E-state index in [1.807, 2.05) is 6.92 Å². The van der Waals surface area contributed by atoms with Crippen molar-refractivity contribution in [2.45, 2.75) is 33.2 Å². The second-order valence-corrected chi connectivity index (χ2v) is 4.25. The molecule has 0 radical (unpaired) electrons. The van der Waals surface area contributed by atoms with Crippen LogP contribution in [-0.2, 0) is 0 Å². The molecule has 4 nitrogen and oxygen atoms in total. The van der Waals surface area contributed by atoms with Crippen LogP contribution in [0.4, 0.5) is 5.95 Å². The highest BCUT2D eigenvalue weighted by molar-refractivity contribution is 5.32. The van der Waals surface area contributed by atoms with Crippen molar-refractivity contribution in [3.63, 3.8) is 0 Å². The summed E-state index contributed by atoms with van der Waals surface area (Å²) >= 11 is 0. The summed E-state index contributed by atoms with van der Waals surface area (Å²) < 4.78 is 2.20. The quantitative estimate of drug-likeness (QED) is 0.802. The van der Waals surface area contributed by atoms with Gasteiger partial charge in [0.05, 0.1) is 5.69 Å². The summed E-state index contributed by atoms with van der Waals surface area (Å²) in [5.74, 6) is 1.04. The minimum atomic E-state index is 0.446. The molecule has 0 saturated carbocycles. The molecule has 86 valence electrons. The van der Waals surface area contributed by atoms with Crippen molar-refractivity contribution in [1.29, 1.82) is 0 Å². The summed E-state index contributed by atoms with van der Waals surface area (Å²) in [5.41, 5.74) is 6.57. The maximum atomic E-state index is 5.50. The minimum absolute atomic E-state index is 0.446. The lowest BCUT2D eigenvalue weighted by molar-refractivity contribution is 0.589. The molecule has 0 saturated heterocycles. The first kappa shape index (κ1) is 12.0. The third kappa shape index (κ3) is 2.96. The third-order valence-corrected chi connectivity index (χ3v) is 2.43. The standard InChI is InChI=1S/C11H22N4/c1-9(2)15-8-10(3)13-11(15)14(4)7-5-6-12/h8-9H,5-7,12H2,1-4H3. The Balaban J connectivity index is 2.82. The highest BCUT2D eigenvalue weighted by Crippen LogP contribution is 2.18. The number of hydrogen-bond acceptors (Lipinski definition) is 3. The first-order chi connectivity index (χ1) is 7.06. The fourth-order valence-electron chi connectivity index (χ4n) is 1.59. The van der Waals surface area contributed by atoms with Gasteiger partial charge in [-0.05, 0) is 33.7 Å². The highest BCUT2D eigenvalue weighted by Gasteiger charge is 2.11. The van der Waals surface area contributed by atoms with E-state index in [0.29, 0.717) is 6.04 Å². The van der Waals surface area contributed by atoms with Crippen LogP contribution in [-0.4, -0.2) is 29.7 Å². The van der Waals surface area contributed by atoms with E-state index in [4.69, 9.17) is 5.73 Å². The van der Waals surface area contributed by atoms with Crippen LogP contribution in [0.5, 0.6) is 0 Å². The molecular formula is C11H22N4. The second kappa shape index (κ2) is 5.16. The van der Waals surface area contributed by atoms with E-state index < -0.39 is 0 Å². The number of aryl methyl sites for hydroxylation is 1. The first-order valence-electron chi connectivity index (χ1n) is 5.53. The van der Waals surface area contributed by atoms with Gasteiger partial charge in [-0.2, -0.15) is 0 Å². The highest BCUT2D eigenvalue weighted by atomic mass is 15.3.